The van der Waals surface area contributed by atoms with Crippen molar-refractivity contribution in [3.05, 3.63) is 105 Å². The van der Waals surface area contributed by atoms with Gasteiger partial charge in [-0.15, -0.1) is 0 Å². The second-order valence-corrected chi connectivity index (χ2v) is 10.4. The van der Waals surface area contributed by atoms with Crippen LogP contribution in [0.3, 0.4) is 0 Å². The molecule has 38 heavy (non-hydrogen) atoms. The van der Waals surface area contributed by atoms with Gasteiger partial charge in [0.05, 0.1) is 11.6 Å². The molecule has 7 heteroatoms. The van der Waals surface area contributed by atoms with E-state index in [2.05, 4.69) is 34.7 Å². The van der Waals surface area contributed by atoms with E-state index in [1.165, 1.54) is 4.90 Å². The van der Waals surface area contributed by atoms with Gasteiger partial charge in [0.25, 0.3) is 5.91 Å². The Hall–Kier alpha value is -3.84. The topological polar surface area (TPSA) is 74.0 Å². The molecule has 1 unspecified atom stereocenters. The number of hydrogen-bond donors (Lipinski definition) is 1. The molecule has 1 aliphatic rings. The Morgan fingerprint density at radius 2 is 1.68 bits per heavy atom. The first-order valence-electron chi connectivity index (χ1n) is 12.7. The van der Waals surface area contributed by atoms with Crippen molar-refractivity contribution in [1.29, 1.82) is 0 Å². The Morgan fingerprint density at radius 3 is 2.34 bits per heavy atom. The van der Waals surface area contributed by atoms with Crippen molar-refractivity contribution in [2.24, 2.45) is 0 Å². The van der Waals surface area contributed by atoms with Crippen LogP contribution >= 0.6 is 15.9 Å². The molecule has 2 heterocycles. The summed E-state index contributed by atoms with van der Waals surface area (Å²) in [6.07, 6.45) is 0. The fraction of sp³-hybridized carbons (Fsp3) is 0.226. The number of aryl methyl sites for hydroxylation is 2. The van der Waals surface area contributed by atoms with Crippen LogP contribution in [-0.4, -0.2) is 29.9 Å². The molecule has 0 saturated heterocycles. The van der Waals surface area contributed by atoms with Crippen LogP contribution in [0.1, 0.15) is 47.1 Å². The summed E-state index contributed by atoms with van der Waals surface area (Å²) in [7, 11) is 0. The Labute approximate surface area is 230 Å². The first-order chi connectivity index (χ1) is 18.2. The summed E-state index contributed by atoms with van der Waals surface area (Å²) in [6.45, 7) is 9.88. The molecule has 3 aromatic carbocycles. The van der Waals surface area contributed by atoms with E-state index >= 15 is 0 Å². The number of amides is 1. The van der Waals surface area contributed by atoms with Crippen LogP contribution in [0.2, 0.25) is 0 Å². The third kappa shape index (κ3) is 4.41. The lowest BCUT2D eigenvalue weighted by Gasteiger charge is -2.28. The van der Waals surface area contributed by atoms with Gasteiger partial charge in [-0.2, -0.15) is 0 Å². The molecular weight excluding hydrogens is 544 g/mol. The molecular formula is C31H29BrN2O4. The maximum Gasteiger partial charge on any atom is 0.294 e. The molecule has 0 saturated carbocycles. The van der Waals surface area contributed by atoms with Crippen LogP contribution in [-0.2, 0) is 4.79 Å². The zero-order valence-corrected chi connectivity index (χ0v) is 23.4. The monoisotopic (exact) mass is 572 g/mol. The molecule has 1 amide bonds. The highest BCUT2D eigenvalue weighted by atomic mass is 79.9. The molecule has 1 atom stereocenters. The fourth-order valence-electron chi connectivity index (χ4n) is 5.01. The number of carbonyl (C=O) groups is 2. The lowest BCUT2D eigenvalue weighted by molar-refractivity contribution is -0.117. The van der Waals surface area contributed by atoms with E-state index in [1.807, 2.05) is 68.4 Å². The van der Waals surface area contributed by atoms with Gasteiger partial charge < -0.3 is 14.4 Å². The number of Topliss-reactive ketones (excluding diaryl/α,β-unsaturated/α-hetero) is 1. The average Bonchev–Trinajstić information content (AvgIpc) is 3.45. The zero-order chi connectivity index (χ0) is 27.1. The number of rotatable bonds is 7. The molecule has 194 valence electrons. The van der Waals surface area contributed by atoms with E-state index in [-0.39, 0.29) is 11.3 Å². The summed E-state index contributed by atoms with van der Waals surface area (Å²) in [4.78, 5) is 31.2. The number of fused-ring (bicyclic) bond motifs is 1. The Morgan fingerprint density at radius 1 is 0.974 bits per heavy atom. The number of aliphatic hydroxyl groups excluding tert-OH is 1. The smallest absolute Gasteiger partial charge is 0.294 e. The highest BCUT2D eigenvalue weighted by molar-refractivity contribution is 9.10. The van der Waals surface area contributed by atoms with Crippen LogP contribution in [0.4, 0.5) is 11.4 Å². The predicted molar refractivity (Wildman–Crippen MR) is 154 cm³/mol. The minimum absolute atomic E-state index is 0.00180. The highest BCUT2D eigenvalue weighted by Crippen LogP contribution is 2.43. The van der Waals surface area contributed by atoms with Gasteiger partial charge in [-0.3, -0.25) is 14.5 Å². The third-order valence-electron chi connectivity index (χ3n) is 7.26. The number of anilines is 2. The standard InChI is InChI=1S/C31H29BrN2O4/c1-5-33(6-2)23-12-8-20(9-13-23)28-27(29(35)26-17-21-16-22(32)10-14-25(21)38-26)30(36)31(37)34(28)24-11-7-18(3)19(4)15-24/h7-17,28,36H,5-6H2,1-4H3. The van der Waals surface area contributed by atoms with Crippen molar-refractivity contribution in [2.75, 3.05) is 22.9 Å². The molecule has 1 aromatic heterocycles. The molecule has 5 rings (SSSR count). The molecule has 6 nitrogen and oxygen atoms in total. The predicted octanol–water partition coefficient (Wildman–Crippen LogP) is 7.44. The van der Waals surface area contributed by atoms with E-state index in [9.17, 15) is 14.7 Å². The van der Waals surface area contributed by atoms with Crippen LogP contribution < -0.4 is 9.80 Å². The highest BCUT2D eigenvalue weighted by Gasteiger charge is 2.45. The maximum absolute atomic E-state index is 13.9. The van der Waals surface area contributed by atoms with Gasteiger partial charge >= 0.3 is 0 Å². The molecule has 0 radical (unpaired) electrons. The normalized spacial score (nSPS) is 15.6. The first-order valence-corrected chi connectivity index (χ1v) is 13.4. The van der Waals surface area contributed by atoms with Crippen molar-refractivity contribution >= 4 is 50.0 Å². The number of nitrogens with zero attached hydrogens (tertiary/aromatic N) is 2. The maximum atomic E-state index is 13.9. The van der Waals surface area contributed by atoms with Crippen molar-refractivity contribution in [1.82, 2.24) is 0 Å². The zero-order valence-electron chi connectivity index (χ0n) is 21.8. The largest absolute Gasteiger partial charge is 0.503 e. The fourth-order valence-corrected chi connectivity index (χ4v) is 5.39. The second kappa shape index (κ2) is 10.1. The van der Waals surface area contributed by atoms with E-state index in [1.54, 1.807) is 12.1 Å². The first kappa shape index (κ1) is 25.8. The summed E-state index contributed by atoms with van der Waals surface area (Å²) in [5.74, 6) is -1.63. The molecule has 0 spiro atoms. The minimum atomic E-state index is -0.817. The van der Waals surface area contributed by atoms with Gasteiger partial charge in [-0.25, -0.2) is 0 Å². The third-order valence-corrected chi connectivity index (χ3v) is 7.75. The van der Waals surface area contributed by atoms with Crippen LogP contribution in [0.5, 0.6) is 0 Å². The van der Waals surface area contributed by atoms with Crippen LogP contribution in [0.25, 0.3) is 11.0 Å². The number of hydrogen-bond acceptors (Lipinski definition) is 5. The Kier molecular flexibility index (Phi) is 6.88. The summed E-state index contributed by atoms with van der Waals surface area (Å²) in [5, 5.41) is 11.9. The van der Waals surface area contributed by atoms with Crippen LogP contribution in [0.15, 0.2) is 87.0 Å². The van der Waals surface area contributed by atoms with Crippen LogP contribution in [0, 0.1) is 13.8 Å². The molecule has 0 aliphatic carbocycles. The molecule has 1 aliphatic heterocycles. The number of ketones is 1. The van der Waals surface area contributed by atoms with Gasteiger partial charge in [-0.1, -0.05) is 34.1 Å². The number of aliphatic hydroxyl groups is 1. The number of benzene rings is 3. The van der Waals surface area contributed by atoms with Gasteiger partial charge in [0.1, 0.15) is 5.58 Å². The second-order valence-electron chi connectivity index (χ2n) is 9.49. The summed E-state index contributed by atoms with van der Waals surface area (Å²) in [5.41, 5.74) is 5.02. The van der Waals surface area contributed by atoms with Gasteiger partial charge in [0, 0.05) is 34.3 Å². The van der Waals surface area contributed by atoms with E-state index in [0.29, 0.717) is 11.3 Å². The van der Waals surface area contributed by atoms with Crippen molar-refractivity contribution in [3.63, 3.8) is 0 Å². The molecule has 0 bridgehead atoms. The van der Waals surface area contributed by atoms with Crippen molar-refractivity contribution in [3.8, 4) is 0 Å². The molecule has 1 N–H and O–H groups in total. The Bertz CT molecular complexity index is 1580. The molecule has 4 aromatic rings. The quantitative estimate of drug-likeness (QED) is 0.233. The van der Waals surface area contributed by atoms with Gasteiger partial charge in [-0.05, 0) is 92.9 Å². The van der Waals surface area contributed by atoms with E-state index in [4.69, 9.17) is 4.42 Å². The summed E-state index contributed by atoms with van der Waals surface area (Å²) in [6, 6.07) is 19.8. The van der Waals surface area contributed by atoms with Gasteiger partial charge in [0.15, 0.2) is 11.5 Å². The Balaban J connectivity index is 1.64. The van der Waals surface area contributed by atoms with Crippen molar-refractivity contribution < 1.29 is 19.1 Å². The molecule has 0 fully saturated rings. The minimum Gasteiger partial charge on any atom is -0.503 e. The van der Waals surface area contributed by atoms with Crippen molar-refractivity contribution in [2.45, 2.75) is 33.7 Å². The number of furan rings is 1. The number of carbonyl (C=O) groups excluding carboxylic acids is 2. The lowest BCUT2D eigenvalue weighted by Crippen LogP contribution is -2.31. The lowest BCUT2D eigenvalue weighted by atomic mass is 9.94. The summed E-state index contributed by atoms with van der Waals surface area (Å²) < 4.78 is 6.72. The summed E-state index contributed by atoms with van der Waals surface area (Å²) >= 11 is 3.44. The SMILES string of the molecule is CCN(CC)c1ccc(C2C(C(=O)c3cc4cc(Br)ccc4o3)=C(O)C(=O)N2c2ccc(C)c(C)c2)cc1. The van der Waals surface area contributed by atoms with E-state index in [0.717, 1.165) is 45.3 Å². The van der Waals surface area contributed by atoms with Gasteiger partial charge in [0.2, 0.25) is 5.78 Å². The van der Waals surface area contributed by atoms with E-state index < -0.39 is 23.5 Å². The number of halogens is 1. The average molecular weight is 573 g/mol.